The highest BCUT2D eigenvalue weighted by Gasteiger charge is 2.10. The topological polar surface area (TPSA) is 124 Å². The molecule has 0 bridgehead atoms. The number of rotatable bonds is 7. The lowest BCUT2D eigenvalue weighted by Crippen LogP contribution is -1.98. The van der Waals surface area contributed by atoms with Gasteiger partial charge in [0.05, 0.1) is 17.6 Å². The Morgan fingerprint density at radius 3 is 1.80 bits per heavy atom. The van der Waals surface area contributed by atoms with Gasteiger partial charge in [0.1, 0.15) is 11.0 Å². The standard InChI is InChI=1S/C21H18BrN3O.C20H17N3/c22-16-6-3-13(4-7-16)1-2-14-9-18-17-8-5-15(12-26)10-19(17)25-21(23)20(18)24-11-14;21-20-19-17(7-4-12-22-19)16-11-10-15(13-18(16)23-20)9-8-14-5-2-1-3-6-14/h3-11,26H,1-2,12H2,(H2,23,25);1-7,10-13H,8-9H2,(H2,21,23). The van der Waals surface area contributed by atoms with Crippen molar-refractivity contribution >= 4 is 71.2 Å². The van der Waals surface area contributed by atoms with Crippen molar-refractivity contribution in [3.05, 3.63) is 154 Å². The molecule has 0 saturated heterocycles. The highest BCUT2D eigenvalue weighted by Crippen LogP contribution is 2.29. The molecule has 0 amide bonds. The summed E-state index contributed by atoms with van der Waals surface area (Å²) in [4.78, 5) is 17.9. The number of benzene rings is 4. The van der Waals surface area contributed by atoms with E-state index < -0.39 is 0 Å². The van der Waals surface area contributed by atoms with E-state index in [2.05, 4.69) is 109 Å². The zero-order chi connectivity index (χ0) is 33.7. The summed E-state index contributed by atoms with van der Waals surface area (Å²) in [6.07, 6.45) is 7.51. The van der Waals surface area contributed by atoms with Crippen molar-refractivity contribution in [1.82, 2.24) is 19.9 Å². The van der Waals surface area contributed by atoms with Crippen LogP contribution in [-0.4, -0.2) is 25.0 Å². The summed E-state index contributed by atoms with van der Waals surface area (Å²) in [5.41, 5.74) is 21.3. The van der Waals surface area contributed by atoms with E-state index in [9.17, 15) is 5.11 Å². The summed E-state index contributed by atoms with van der Waals surface area (Å²) < 4.78 is 1.09. The van der Waals surface area contributed by atoms with Gasteiger partial charge in [-0.05, 0) is 89.9 Å². The molecule has 8 heteroatoms. The predicted octanol–water partition coefficient (Wildman–Crippen LogP) is 8.56. The Labute approximate surface area is 292 Å². The number of nitrogens with two attached hydrogens (primary N) is 2. The van der Waals surface area contributed by atoms with Gasteiger partial charge in [-0.2, -0.15) is 0 Å². The number of hydrogen-bond donors (Lipinski definition) is 3. The maximum absolute atomic E-state index is 9.34. The number of halogens is 1. The van der Waals surface area contributed by atoms with Crippen LogP contribution in [-0.2, 0) is 32.3 Å². The maximum atomic E-state index is 9.34. The van der Waals surface area contributed by atoms with E-state index >= 15 is 0 Å². The van der Waals surface area contributed by atoms with Crippen LogP contribution in [0.5, 0.6) is 0 Å². The van der Waals surface area contributed by atoms with Crippen molar-refractivity contribution in [2.24, 2.45) is 0 Å². The molecule has 49 heavy (non-hydrogen) atoms. The van der Waals surface area contributed by atoms with Crippen LogP contribution in [0.3, 0.4) is 0 Å². The number of nitrogens with zero attached hydrogens (tertiary/aromatic N) is 4. The molecule has 8 aromatic rings. The number of aromatic nitrogens is 4. The molecule has 0 atom stereocenters. The first-order valence-corrected chi connectivity index (χ1v) is 17.0. The second-order valence-corrected chi connectivity index (χ2v) is 13.0. The normalized spacial score (nSPS) is 11.2. The second kappa shape index (κ2) is 14.4. The lowest BCUT2D eigenvalue weighted by molar-refractivity contribution is 0.282. The van der Waals surface area contributed by atoms with Crippen LogP contribution < -0.4 is 11.5 Å². The Bertz CT molecular complexity index is 2420. The fraction of sp³-hybridized carbons (Fsp3) is 0.122. The lowest BCUT2D eigenvalue weighted by Gasteiger charge is -2.09. The molecule has 8 rings (SSSR count). The first-order valence-electron chi connectivity index (χ1n) is 16.2. The van der Waals surface area contributed by atoms with E-state index in [1.54, 1.807) is 6.20 Å². The Balaban J connectivity index is 0.000000155. The molecule has 0 aliphatic carbocycles. The maximum Gasteiger partial charge on any atom is 0.150 e. The Hall–Kier alpha value is -5.44. The van der Waals surface area contributed by atoms with Crippen molar-refractivity contribution in [2.45, 2.75) is 32.3 Å². The SMILES string of the molecule is Nc1nc2cc(CCc3ccccc3)ccc2c2cccnc12.Nc1nc2cc(CO)ccc2c2cc(CCc3ccc(Br)cc3)cnc12. The minimum atomic E-state index is -0.0129. The molecule has 4 aromatic heterocycles. The van der Waals surface area contributed by atoms with Gasteiger partial charge in [-0.25, -0.2) is 9.97 Å². The van der Waals surface area contributed by atoms with Gasteiger partial charge < -0.3 is 16.6 Å². The number of aliphatic hydroxyl groups excluding tert-OH is 1. The van der Waals surface area contributed by atoms with Crippen LogP contribution in [0.2, 0.25) is 0 Å². The third-order valence-corrected chi connectivity index (χ3v) is 9.30. The molecule has 4 heterocycles. The number of pyridine rings is 4. The monoisotopic (exact) mass is 706 g/mol. The molecule has 0 saturated carbocycles. The average Bonchev–Trinajstić information content (AvgIpc) is 3.14. The third kappa shape index (κ3) is 7.21. The molecule has 5 N–H and O–H groups in total. The summed E-state index contributed by atoms with van der Waals surface area (Å²) in [5.74, 6) is 0.912. The quantitative estimate of drug-likeness (QED) is 0.142. The number of nitrogen functional groups attached to an aromatic ring is 2. The third-order valence-electron chi connectivity index (χ3n) is 8.77. The summed E-state index contributed by atoms with van der Waals surface area (Å²) in [6, 6.07) is 37.3. The fourth-order valence-electron chi connectivity index (χ4n) is 6.17. The fourth-order valence-corrected chi connectivity index (χ4v) is 6.43. The van der Waals surface area contributed by atoms with E-state index in [1.165, 1.54) is 22.3 Å². The average molecular weight is 708 g/mol. The van der Waals surface area contributed by atoms with Crippen LogP contribution in [0, 0.1) is 0 Å². The molecule has 0 aliphatic heterocycles. The van der Waals surface area contributed by atoms with Crippen molar-refractivity contribution in [3.63, 3.8) is 0 Å². The smallest absolute Gasteiger partial charge is 0.150 e. The molecular weight excluding hydrogens is 672 g/mol. The highest BCUT2D eigenvalue weighted by molar-refractivity contribution is 9.10. The molecule has 0 spiro atoms. The van der Waals surface area contributed by atoms with E-state index in [0.29, 0.717) is 11.6 Å². The van der Waals surface area contributed by atoms with Gasteiger partial charge in [0.25, 0.3) is 0 Å². The minimum absolute atomic E-state index is 0.0129. The van der Waals surface area contributed by atoms with E-state index in [1.807, 2.05) is 42.6 Å². The van der Waals surface area contributed by atoms with Gasteiger partial charge in [0, 0.05) is 38.4 Å². The molecule has 0 fully saturated rings. The van der Waals surface area contributed by atoms with E-state index in [-0.39, 0.29) is 6.61 Å². The van der Waals surface area contributed by atoms with E-state index in [4.69, 9.17) is 11.5 Å². The number of aliphatic hydroxyl groups is 1. The van der Waals surface area contributed by atoms with E-state index in [0.717, 1.165) is 79.3 Å². The highest BCUT2D eigenvalue weighted by atomic mass is 79.9. The number of aryl methyl sites for hydroxylation is 4. The Morgan fingerprint density at radius 2 is 1.08 bits per heavy atom. The van der Waals surface area contributed by atoms with Crippen LogP contribution in [0.25, 0.3) is 43.6 Å². The summed E-state index contributed by atoms with van der Waals surface area (Å²) in [5, 5.41) is 13.5. The molecule has 0 aliphatic rings. The van der Waals surface area contributed by atoms with Crippen LogP contribution in [0.15, 0.2) is 126 Å². The first-order chi connectivity index (χ1) is 23.9. The van der Waals surface area contributed by atoms with Gasteiger partial charge >= 0.3 is 0 Å². The lowest BCUT2D eigenvalue weighted by atomic mass is 10.0. The second-order valence-electron chi connectivity index (χ2n) is 12.1. The van der Waals surface area contributed by atoms with Crippen LogP contribution in [0.1, 0.15) is 27.8 Å². The predicted molar refractivity (Wildman–Crippen MR) is 204 cm³/mol. The summed E-state index contributed by atoms with van der Waals surface area (Å²) >= 11 is 3.47. The van der Waals surface area contributed by atoms with Gasteiger partial charge in [0.2, 0.25) is 0 Å². The molecule has 0 radical (unpaired) electrons. The number of fused-ring (bicyclic) bond motifs is 6. The van der Waals surface area contributed by atoms with Gasteiger partial charge in [0.15, 0.2) is 11.6 Å². The Kier molecular flexibility index (Phi) is 9.41. The zero-order valence-corrected chi connectivity index (χ0v) is 28.4. The minimum Gasteiger partial charge on any atom is -0.392 e. The van der Waals surface area contributed by atoms with Gasteiger partial charge in [-0.1, -0.05) is 88.7 Å². The molecule has 0 unspecified atom stereocenters. The van der Waals surface area contributed by atoms with Crippen molar-refractivity contribution in [1.29, 1.82) is 0 Å². The largest absolute Gasteiger partial charge is 0.392 e. The van der Waals surface area contributed by atoms with Crippen molar-refractivity contribution in [2.75, 3.05) is 11.5 Å². The summed E-state index contributed by atoms with van der Waals surface area (Å²) in [6.45, 7) is -0.0129. The molecule has 242 valence electrons. The summed E-state index contributed by atoms with van der Waals surface area (Å²) in [7, 11) is 0. The molecule has 4 aromatic carbocycles. The zero-order valence-electron chi connectivity index (χ0n) is 26.9. The molecule has 7 nitrogen and oxygen atoms in total. The first kappa shape index (κ1) is 32.1. The molecular formula is C41H35BrN6O. The van der Waals surface area contributed by atoms with Crippen LogP contribution in [0.4, 0.5) is 11.6 Å². The number of anilines is 2. The Morgan fingerprint density at radius 1 is 0.510 bits per heavy atom. The van der Waals surface area contributed by atoms with Gasteiger partial charge in [-0.15, -0.1) is 0 Å². The van der Waals surface area contributed by atoms with Crippen LogP contribution >= 0.6 is 15.9 Å². The number of hydrogen-bond acceptors (Lipinski definition) is 7. The van der Waals surface area contributed by atoms with Gasteiger partial charge in [-0.3, -0.25) is 9.97 Å². The van der Waals surface area contributed by atoms with Crippen molar-refractivity contribution in [3.8, 4) is 0 Å². The van der Waals surface area contributed by atoms with Crippen molar-refractivity contribution < 1.29 is 5.11 Å².